The topological polar surface area (TPSA) is 17.8 Å². The summed E-state index contributed by atoms with van der Waals surface area (Å²) in [6.45, 7) is 6.07. The number of rotatable bonds is 2. The number of aromatic nitrogens is 2. The number of nitrogens with zero attached hydrogens (tertiary/aromatic N) is 2. The van der Waals surface area contributed by atoms with Crippen LogP contribution in [0.5, 0.6) is 0 Å². The lowest BCUT2D eigenvalue weighted by molar-refractivity contribution is 0.660. The van der Waals surface area contributed by atoms with Crippen LogP contribution in [-0.4, -0.2) is 9.55 Å². The number of hydrogen-bond donors (Lipinski definition) is 0. The van der Waals surface area contributed by atoms with Crippen LogP contribution in [0.2, 0.25) is 0 Å². The second kappa shape index (κ2) is 7.91. The van der Waals surface area contributed by atoms with Crippen LogP contribution in [0.3, 0.4) is 0 Å². The maximum Gasteiger partial charge on any atom is 0.111 e. The fraction of sp³-hybridized carbons (Fsp3) is 0.108. The van der Waals surface area contributed by atoms with Crippen LogP contribution < -0.4 is 0 Å². The largest absolute Gasteiger partial charge is 0.295 e. The Morgan fingerprint density at radius 2 is 1.31 bits per heavy atom. The van der Waals surface area contributed by atoms with E-state index in [4.69, 9.17) is 10.5 Å². The van der Waals surface area contributed by atoms with Gasteiger partial charge in [-0.2, -0.15) is 0 Å². The highest BCUT2D eigenvalue weighted by Crippen LogP contribution is 2.51. The molecule has 7 aromatic rings. The molecule has 0 N–H and O–H groups in total. The fourth-order valence-electron chi connectivity index (χ4n) is 6.41. The normalized spacial score (nSPS) is 16.6. The van der Waals surface area contributed by atoms with Crippen LogP contribution in [0.25, 0.3) is 60.5 Å². The minimum atomic E-state index is -0.428. The number of para-hydroxylation sites is 2. The second-order valence-electron chi connectivity index (χ2n) is 10.6. The van der Waals surface area contributed by atoms with E-state index in [2.05, 4.69) is 26.0 Å². The number of hydrogen-bond acceptors (Lipinski definition) is 1. The molecule has 0 aliphatic heterocycles. The number of imidazole rings is 1. The SMILES string of the molecule is [2H]c1c([2H])c([2H])c2c(-n3c(C)nc4ccccc43)c3c([2H])c([2H])c([2H])c([2H])c3c(-c3ccc4c(c3)C(C)(C)c3ccccc3-4)c2c1[2H]. The second-order valence-corrected chi connectivity index (χ2v) is 10.6. The standard InChI is InChI=1S/C37H28N2/c1-23-38-33-18-10-11-19-34(33)39(23)36-29-15-6-4-13-27(29)35(28-14-5-7-16-30(28)36)24-20-21-26-25-12-8-9-17-31(25)37(2,3)32(26)22-24/h4-22H,1-3H3/i4D,5D,6D,7D,13D,14D,15D,16D. The van der Waals surface area contributed by atoms with E-state index in [0.29, 0.717) is 28.0 Å². The lowest BCUT2D eigenvalue weighted by Crippen LogP contribution is -2.14. The van der Waals surface area contributed by atoms with Gasteiger partial charge < -0.3 is 0 Å². The number of fused-ring (bicyclic) bond motifs is 6. The Balaban J connectivity index is 1.65. The Labute approximate surface area is 239 Å². The average molecular weight is 509 g/mol. The fourth-order valence-corrected chi connectivity index (χ4v) is 6.41. The molecule has 1 heterocycles. The van der Waals surface area contributed by atoms with Gasteiger partial charge >= 0.3 is 0 Å². The molecule has 6 aromatic carbocycles. The van der Waals surface area contributed by atoms with Crippen molar-refractivity contribution < 1.29 is 11.0 Å². The first-order valence-electron chi connectivity index (χ1n) is 17.0. The van der Waals surface area contributed by atoms with E-state index < -0.39 is 24.2 Å². The molecule has 2 heteroatoms. The van der Waals surface area contributed by atoms with Crippen molar-refractivity contribution in [3.8, 4) is 27.9 Å². The molecule has 0 radical (unpaired) electrons. The van der Waals surface area contributed by atoms with Gasteiger partial charge in [0.1, 0.15) is 5.82 Å². The third-order valence-corrected chi connectivity index (χ3v) is 8.17. The molecular formula is C37H28N2. The van der Waals surface area contributed by atoms with Crippen molar-refractivity contribution in [2.45, 2.75) is 26.2 Å². The molecule has 0 amide bonds. The minimum absolute atomic E-state index is 0.165. The molecular weight excluding hydrogens is 472 g/mol. The predicted molar refractivity (Wildman–Crippen MR) is 164 cm³/mol. The zero-order valence-corrected chi connectivity index (χ0v) is 21.7. The first kappa shape index (κ1) is 15.7. The third kappa shape index (κ3) is 3.00. The zero-order valence-electron chi connectivity index (χ0n) is 29.7. The monoisotopic (exact) mass is 508 g/mol. The van der Waals surface area contributed by atoms with Gasteiger partial charge in [0.25, 0.3) is 0 Å². The summed E-state index contributed by atoms with van der Waals surface area (Å²) in [5.41, 5.74) is 6.50. The van der Waals surface area contributed by atoms with Gasteiger partial charge in [0.05, 0.1) is 27.7 Å². The van der Waals surface area contributed by atoms with E-state index in [-0.39, 0.29) is 56.8 Å². The van der Waals surface area contributed by atoms with Gasteiger partial charge in [0.2, 0.25) is 0 Å². The van der Waals surface area contributed by atoms with Crippen LogP contribution in [0, 0.1) is 6.92 Å². The Morgan fingerprint density at radius 3 is 2.05 bits per heavy atom. The van der Waals surface area contributed by atoms with Gasteiger partial charge in [-0.15, -0.1) is 0 Å². The summed E-state index contributed by atoms with van der Waals surface area (Å²) in [6.07, 6.45) is 0. The quantitative estimate of drug-likeness (QED) is 0.213. The Kier molecular flexibility index (Phi) is 3.17. The Morgan fingerprint density at radius 1 is 0.692 bits per heavy atom. The van der Waals surface area contributed by atoms with Crippen LogP contribution in [0.15, 0.2) is 115 Å². The van der Waals surface area contributed by atoms with Crippen LogP contribution in [0.1, 0.15) is 41.8 Å². The lowest BCUT2D eigenvalue weighted by Gasteiger charge is -2.23. The van der Waals surface area contributed by atoms with Crippen molar-refractivity contribution in [2.75, 3.05) is 0 Å². The van der Waals surface area contributed by atoms with Crippen LogP contribution in [0.4, 0.5) is 0 Å². The van der Waals surface area contributed by atoms with Gasteiger partial charge in [-0.05, 0) is 69.3 Å². The summed E-state index contributed by atoms with van der Waals surface area (Å²) in [7, 11) is 0. The van der Waals surface area contributed by atoms with Gasteiger partial charge in [0.15, 0.2) is 0 Å². The van der Waals surface area contributed by atoms with Crippen molar-refractivity contribution in [3.05, 3.63) is 132 Å². The van der Waals surface area contributed by atoms with E-state index in [0.717, 1.165) is 16.7 Å². The van der Waals surface area contributed by atoms with Crippen molar-refractivity contribution in [3.63, 3.8) is 0 Å². The number of aryl methyl sites for hydroxylation is 1. The molecule has 39 heavy (non-hydrogen) atoms. The zero-order chi connectivity index (χ0) is 33.3. The number of benzene rings is 6. The maximum absolute atomic E-state index is 9.28. The molecule has 0 fully saturated rings. The maximum atomic E-state index is 9.28. The summed E-state index contributed by atoms with van der Waals surface area (Å²) < 4.78 is 73.7. The van der Waals surface area contributed by atoms with E-state index in [1.54, 1.807) is 11.5 Å². The first-order valence-corrected chi connectivity index (χ1v) is 13.0. The summed E-state index contributed by atoms with van der Waals surface area (Å²) in [6, 6.07) is 18.7. The molecule has 0 unspecified atom stereocenters. The van der Waals surface area contributed by atoms with Crippen LogP contribution in [-0.2, 0) is 5.41 Å². The van der Waals surface area contributed by atoms with Gasteiger partial charge in [0, 0.05) is 16.2 Å². The first-order chi connectivity index (χ1) is 22.4. The molecule has 2 nitrogen and oxygen atoms in total. The summed E-state index contributed by atoms with van der Waals surface area (Å²) >= 11 is 0. The molecule has 1 aliphatic carbocycles. The highest BCUT2D eigenvalue weighted by Gasteiger charge is 2.35. The average Bonchev–Trinajstić information content (AvgIpc) is 3.52. The van der Waals surface area contributed by atoms with Crippen molar-refractivity contribution in [1.82, 2.24) is 9.55 Å². The van der Waals surface area contributed by atoms with Crippen molar-refractivity contribution in [2.24, 2.45) is 0 Å². The van der Waals surface area contributed by atoms with Gasteiger partial charge in [-0.25, -0.2) is 4.98 Å². The van der Waals surface area contributed by atoms with Crippen molar-refractivity contribution >= 4 is 32.6 Å². The van der Waals surface area contributed by atoms with E-state index in [1.807, 2.05) is 54.6 Å². The molecule has 1 aromatic heterocycles. The molecule has 0 atom stereocenters. The van der Waals surface area contributed by atoms with E-state index in [1.165, 1.54) is 5.56 Å². The highest BCUT2D eigenvalue weighted by atomic mass is 15.1. The molecule has 186 valence electrons. The smallest absolute Gasteiger partial charge is 0.111 e. The molecule has 0 saturated heterocycles. The highest BCUT2D eigenvalue weighted by molar-refractivity contribution is 6.18. The molecule has 1 aliphatic rings. The molecule has 0 saturated carbocycles. The van der Waals surface area contributed by atoms with Crippen LogP contribution >= 0.6 is 0 Å². The Bertz CT molecular complexity index is 2470. The minimum Gasteiger partial charge on any atom is -0.295 e. The summed E-state index contributed by atoms with van der Waals surface area (Å²) in [4.78, 5) is 4.72. The van der Waals surface area contributed by atoms with Crippen molar-refractivity contribution in [1.29, 1.82) is 0 Å². The molecule has 8 rings (SSSR count). The predicted octanol–water partition coefficient (Wildman–Crippen LogP) is 9.61. The summed E-state index contributed by atoms with van der Waals surface area (Å²) in [5, 5.41) is 0.707. The Hall–Kier alpha value is -4.69. The summed E-state index contributed by atoms with van der Waals surface area (Å²) in [5.74, 6) is 0.512. The molecule has 0 bridgehead atoms. The third-order valence-electron chi connectivity index (χ3n) is 8.17. The van der Waals surface area contributed by atoms with E-state index >= 15 is 0 Å². The lowest BCUT2D eigenvalue weighted by atomic mass is 9.81. The van der Waals surface area contributed by atoms with E-state index in [9.17, 15) is 5.48 Å². The van der Waals surface area contributed by atoms with Gasteiger partial charge in [-0.1, -0.05) is 111 Å². The van der Waals surface area contributed by atoms with Gasteiger partial charge in [-0.3, -0.25) is 4.57 Å². The molecule has 0 spiro atoms.